The summed E-state index contributed by atoms with van der Waals surface area (Å²) in [5.74, 6) is -0.543. The number of fused-ring (bicyclic) bond motifs is 1. The van der Waals surface area contributed by atoms with E-state index in [0.29, 0.717) is 34.4 Å². The lowest BCUT2D eigenvalue weighted by Crippen LogP contribution is -2.29. The summed E-state index contributed by atoms with van der Waals surface area (Å²) in [4.78, 5) is 33.1. The lowest BCUT2D eigenvalue weighted by Gasteiger charge is -2.23. The van der Waals surface area contributed by atoms with Crippen LogP contribution in [0.3, 0.4) is 0 Å². The van der Waals surface area contributed by atoms with Crippen molar-refractivity contribution in [3.05, 3.63) is 89.0 Å². The molecule has 1 N–H and O–H groups in total. The number of benzene rings is 3. The van der Waals surface area contributed by atoms with E-state index in [-0.39, 0.29) is 11.3 Å². The molecule has 5 rings (SSSR count). The van der Waals surface area contributed by atoms with Gasteiger partial charge >= 0.3 is 5.91 Å². The Morgan fingerprint density at radius 2 is 1.82 bits per heavy atom. The van der Waals surface area contributed by atoms with Crippen molar-refractivity contribution in [3.8, 4) is 11.5 Å². The fraction of sp³-hybridized carbons (Fsp3) is 0.258. The molecule has 1 aromatic heterocycles. The Hall–Kier alpha value is -4.17. The zero-order valence-corrected chi connectivity index (χ0v) is 23.0. The predicted octanol–water partition coefficient (Wildman–Crippen LogP) is 6.81. The number of nitrogens with zero attached hydrogens (tertiary/aromatic N) is 2. The van der Waals surface area contributed by atoms with Gasteiger partial charge in [0, 0.05) is 5.56 Å². The average molecular weight is 543 g/mol. The molecule has 8 heteroatoms. The minimum absolute atomic E-state index is 0.000281. The van der Waals surface area contributed by atoms with Gasteiger partial charge in [0.25, 0.3) is 5.78 Å². The van der Waals surface area contributed by atoms with Gasteiger partial charge in [0.2, 0.25) is 0 Å². The molecule has 1 saturated heterocycles. The van der Waals surface area contributed by atoms with Crippen LogP contribution in [-0.4, -0.2) is 35.5 Å². The van der Waals surface area contributed by atoms with Crippen LogP contribution in [0.25, 0.3) is 16.0 Å². The van der Waals surface area contributed by atoms with Crippen LogP contribution >= 0.6 is 11.3 Å². The molecule has 1 atom stereocenters. The zero-order valence-electron chi connectivity index (χ0n) is 22.1. The van der Waals surface area contributed by atoms with Gasteiger partial charge in [-0.3, -0.25) is 14.5 Å². The van der Waals surface area contributed by atoms with Gasteiger partial charge in [-0.1, -0.05) is 61.4 Å². The minimum atomic E-state index is -0.869. The van der Waals surface area contributed by atoms with Gasteiger partial charge in [0.1, 0.15) is 17.3 Å². The van der Waals surface area contributed by atoms with Crippen molar-refractivity contribution >= 4 is 44.1 Å². The van der Waals surface area contributed by atoms with Crippen LogP contribution in [0.15, 0.2) is 72.3 Å². The molecule has 1 aliphatic rings. The number of Topliss-reactive ketones (excluding diaryl/α,β-unsaturated/α-hetero) is 1. The minimum Gasteiger partial charge on any atom is -0.507 e. The average Bonchev–Trinajstić information content (AvgIpc) is 3.48. The first kappa shape index (κ1) is 26.4. The fourth-order valence-electron chi connectivity index (χ4n) is 4.68. The second kappa shape index (κ2) is 11.3. The van der Waals surface area contributed by atoms with Crippen LogP contribution in [0.4, 0.5) is 5.13 Å². The number of ketones is 1. The summed E-state index contributed by atoms with van der Waals surface area (Å²) < 4.78 is 12.1. The Morgan fingerprint density at radius 1 is 1.03 bits per heavy atom. The molecule has 3 aromatic carbocycles. The van der Waals surface area contributed by atoms with Crippen LogP contribution in [0.5, 0.6) is 11.5 Å². The monoisotopic (exact) mass is 542 g/mol. The first-order chi connectivity index (χ1) is 18.9. The topological polar surface area (TPSA) is 89.0 Å². The van der Waals surface area contributed by atoms with Gasteiger partial charge in [-0.25, -0.2) is 4.98 Å². The lowest BCUT2D eigenvalue weighted by atomic mass is 9.95. The van der Waals surface area contributed by atoms with Gasteiger partial charge in [-0.15, -0.1) is 0 Å². The van der Waals surface area contributed by atoms with Crippen molar-refractivity contribution in [2.24, 2.45) is 0 Å². The highest BCUT2D eigenvalue weighted by Crippen LogP contribution is 2.44. The summed E-state index contributed by atoms with van der Waals surface area (Å²) in [7, 11) is 1.53. The summed E-state index contributed by atoms with van der Waals surface area (Å²) in [5, 5.41) is 11.8. The van der Waals surface area contributed by atoms with E-state index in [1.165, 1.54) is 23.3 Å². The number of carbonyl (C=O) groups is 2. The highest BCUT2D eigenvalue weighted by Gasteiger charge is 2.48. The van der Waals surface area contributed by atoms with Crippen molar-refractivity contribution in [1.29, 1.82) is 0 Å². The zero-order chi connectivity index (χ0) is 27.5. The Bertz CT molecular complexity index is 1560. The van der Waals surface area contributed by atoms with E-state index in [9.17, 15) is 14.7 Å². The molecule has 39 heavy (non-hydrogen) atoms. The lowest BCUT2D eigenvalue weighted by molar-refractivity contribution is -0.132. The standard InChI is InChI=1S/C31H30N2O5S/c1-4-5-6-16-38-22-13-11-20(12-14-22)27-26(28(34)21-8-7-9-23(18-21)37-3)29(35)30(36)33(27)31-32-24-15-10-19(2)17-25(24)39-31/h7-15,17-18,27,34H,4-6,16H2,1-3H3/b28-26+. The fourth-order valence-corrected chi connectivity index (χ4v) is 5.77. The van der Waals surface area contributed by atoms with Crippen molar-refractivity contribution in [2.75, 3.05) is 18.6 Å². The van der Waals surface area contributed by atoms with Gasteiger partial charge in [0.05, 0.1) is 35.5 Å². The van der Waals surface area contributed by atoms with Gasteiger partial charge in [-0.05, 0) is 60.9 Å². The van der Waals surface area contributed by atoms with Gasteiger partial charge in [0.15, 0.2) is 5.13 Å². The third kappa shape index (κ3) is 5.25. The first-order valence-corrected chi connectivity index (χ1v) is 13.8. The molecule has 4 aromatic rings. The van der Waals surface area contributed by atoms with Crippen LogP contribution in [0.1, 0.15) is 48.9 Å². The van der Waals surface area contributed by atoms with E-state index in [1.54, 1.807) is 24.3 Å². The number of ether oxygens (including phenoxy) is 2. The number of aliphatic hydroxyl groups excluding tert-OH is 1. The van der Waals surface area contributed by atoms with Gasteiger partial charge in [-0.2, -0.15) is 0 Å². The van der Waals surface area contributed by atoms with E-state index >= 15 is 0 Å². The number of hydrogen-bond acceptors (Lipinski definition) is 7. The molecule has 0 radical (unpaired) electrons. The van der Waals surface area contributed by atoms with E-state index in [1.807, 2.05) is 49.4 Å². The number of aryl methyl sites for hydroxylation is 1. The molecule has 200 valence electrons. The third-order valence-corrected chi connectivity index (χ3v) is 7.76. The number of carbonyl (C=O) groups excluding carboxylic acids is 2. The smallest absolute Gasteiger partial charge is 0.301 e. The molecule has 1 aliphatic heterocycles. The van der Waals surface area contributed by atoms with Crippen molar-refractivity contribution < 1.29 is 24.2 Å². The van der Waals surface area contributed by atoms with E-state index in [2.05, 4.69) is 11.9 Å². The number of aromatic nitrogens is 1. The largest absolute Gasteiger partial charge is 0.507 e. The van der Waals surface area contributed by atoms with Crippen LogP contribution in [-0.2, 0) is 9.59 Å². The summed E-state index contributed by atoms with van der Waals surface area (Å²) in [6.07, 6.45) is 3.17. The number of aliphatic hydroxyl groups is 1. The SMILES string of the molecule is CCCCCOc1ccc(C2/C(=C(\O)c3cccc(OC)c3)C(=O)C(=O)N2c2nc3ccc(C)cc3s2)cc1. The number of amides is 1. The summed E-state index contributed by atoms with van der Waals surface area (Å²) in [6.45, 7) is 4.75. The molecular formula is C31H30N2O5S. The van der Waals surface area contributed by atoms with Crippen LogP contribution < -0.4 is 14.4 Å². The molecule has 0 saturated carbocycles. The van der Waals surface area contributed by atoms with Crippen LogP contribution in [0.2, 0.25) is 0 Å². The molecule has 0 aliphatic carbocycles. The number of methoxy groups -OCH3 is 1. The van der Waals surface area contributed by atoms with E-state index in [0.717, 1.165) is 35.0 Å². The van der Waals surface area contributed by atoms with Crippen molar-refractivity contribution in [3.63, 3.8) is 0 Å². The maximum absolute atomic E-state index is 13.5. The molecule has 1 fully saturated rings. The number of hydrogen-bond donors (Lipinski definition) is 1. The Balaban J connectivity index is 1.61. The first-order valence-electron chi connectivity index (χ1n) is 13.0. The second-order valence-corrected chi connectivity index (χ2v) is 10.5. The number of anilines is 1. The van der Waals surface area contributed by atoms with Crippen molar-refractivity contribution in [1.82, 2.24) is 4.98 Å². The molecule has 1 unspecified atom stereocenters. The maximum Gasteiger partial charge on any atom is 0.301 e. The summed E-state index contributed by atoms with van der Waals surface area (Å²) in [6, 6.07) is 19.1. The maximum atomic E-state index is 13.5. The quantitative estimate of drug-likeness (QED) is 0.108. The Labute approximate surface area is 231 Å². The molecule has 1 amide bonds. The highest BCUT2D eigenvalue weighted by atomic mass is 32.1. The number of unbranched alkanes of at least 4 members (excludes halogenated alkanes) is 2. The Morgan fingerprint density at radius 3 is 2.56 bits per heavy atom. The Kier molecular flexibility index (Phi) is 7.65. The van der Waals surface area contributed by atoms with Gasteiger partial charge < -0.3 is 14.6 Å². The second-order valence-electron chi connectivity index (χ2n) is 9.49. The predicted molar refractivity (Wildman–Crippen MR) is 154 cm³/mol. The summed E-state index contributed by atoms with van der Waals surface area (Å²) >= 11 is 1.34. The third-order valence-electron chi connectivity index (χ3n) is 6.74. The molecule has 7 nitrogen and oxygen atoms in total. The molecular weight excluding hydrogens is 512 g/mol. The molecule has 0 spiro atoms. The van der Waals surface area contributed by atoms with Crippen molar-refractivity contribution in [2.45, 2.75) is 39.2 Å². The number of thiazole rings is 1. The molecule has 0 bridgehead atoms. The number of rotatable bonds is 9. The molecule has 2 heterocycles. The van der Waals surface area contributed by atoms with E-state index < -0.39 is 17.7 Å². The summed E-state index contributed by atoms with van der Waals surface area (Å²) in [5.41, 5.74) is 2.86. The highest BCUT2D eigenvalue weighted by molar-refractivity contribution is 7.22. The van der Waals surface area contributed by atoms with E-state index in [4.69, 9.17) is 9.47 Å². The van der Waals surface area contributed by atoms with Crippen LogP contribution in [0, 0.1) is 6.92 Å². The normalized spacial score (nSPS) is 16.7.